The van der Waals surface area contributed by atoms with Crippen molar-refractivity contribution in [3.8, 4) is 0 Å². The molecule has 0 saturated carbocycles. The van der Waals surface area contributed by atoms with E-state index in [0.29, 0.717) is 35.5 Å². The molecule has 0 saturated heterocycles. The van der Waals surface area contributed by atoms with Gasteiger partial charge in [0, 0.05) is 25.4 Å². The number of fused-ring (bicyclic) bond motifs is 2. The third-order valence-electron chi connectivity index (χ3n) is 3.31. The molecule has 0 atom stereocenters. The molecular formula is C13H9ClN4O2. The van der Waals surface area contributed by atoms with Crippen LogP contribution >= 0.6 is 11.6 Å². The average molecular weight is 289 g/mol. The summed E-state index contributed by atoms with van der Waals surface area (Å²) in [5, 5.41) is 0.382. The zero-order valence-electron chi connectivity index (χ0n) is 10.3. The van der Waals surface area contributed by atoms with Crippen molar-refractivity contribution < 1.29 is 4.42 Å². The third kappa shape index (κ3) is 1.77. The highest BCUT2D eigenvalue weighted by Crippen LogP contribution is 2.29. The Balaban J connectivity index is 1.73. The number of aromatic amines is 1. The summed E-state index contributed by atoms with van der Waals surface area (Å²) in [7, 11) is 0. The average Bonchev–Trinajstić information content (AvgIpc) is 3.00. The lowest BCUT2D eigenvalue weighted by Crippen LogP contribution is -2.14. The zero-order valence-corrected chi connectivity index (χ0v) is 11.0. The molecule has 7 heteroatoms. The molecular weight excluding hydrogens is 280 g/mol. The van der Waals surface area contributed by atoms with Crippen LogP contribution in [0.15, 0.2) is 33.6 Å². The second-order valence-corrected chi connectivity index (χ2v) is 5.04. The topological polar surface area (TPSA) is 75.0 Å². The van der Waals surface area contributed by atoms with Crippen molar-refractivity contribution in [3.63, 3.8) is 0 Å². The molecule has 0 amide bonds. The van der Waals surface area contributed by atoms with E-state index < -0.39 is 0 Å². The van der Waals surface area contributed by atoms with Gasteiger partial charge in [0.25, 0.3) is 0 Å². The number of hydrogen-bond acceptors (Lipinski definition) is 5. The van der Waals surface area contributed by atoms with Crippen LogP contribution in [0.3, 0.4) is 0 Å². The van der Waals surface area contributed by atoms with Crippen LogP contribution in [0, 0.1) is 0 Å². The highest BCUT2D eigenvalue weighted by atomic mass is 35.5. The van der Waals surface area contributed by atoms with E-state index in [0.717, 1.165) is 11.1 Å². The van der Waals surface area contributed by atoms with E-state index in [1.807, 2.05) is 4.90 Å². The molecule has 0 bridgehead atoms. The minimum atomic E-state index is -0.100. The number of nitrogens with zero attached hydrogens (tertiary/aromatic N) is 3. The van der Waals surface area contributed by atoms with Crippen LogP contribution in [0.2, 0.25) is 5.15 Å². The highest BCUT2D eigenvalue weighted by Gasteiger charge is 2.23. The number of aromatic nitrogens is 3. The lowest BCUT2D eigenvalue weighted by atomic mass is 10.2. The Bertz CT molecular complexity index is 870. The molecule has 4 rings (SSSR count). The summed E-state index contributed by atoms with van der Waals surface area (Å²) in [4.78, 5) is 24.4. The van der Waals surface area contributed by atoms with Crippen LogP contribution in [0.1, 0.15) is 11.1 Å². The van der Waals surface area contributed by atoms with E-state index >= 15 is 0 Å². The fraction of sp³-hybridized carbons (Fsp3) is 0.154. The van der Waals surface area contributed by atoms with E-state index in [1.165, 1.54) is 0 Å². The summed E-state index contributed by atoms with van der Waals surface area (Å²) in [5.41, 5.74) is 3.03. The molecule has 0 aromatic carbocycles. The second-order valence-electron chi connectivity index (χ2n) is 4.66. The molecule has 0 spiro atoms. The molecule has 20 heavy (non-hydrogen) atoms. The number of pyridine rings is 2. The lowest BCUT2D eigenvalue weighted by molar-refractivity contribution is 0.573. The van der Waals surface area contributed by atoms with Crippen LogP contribution in [-0.2, 0) is 13.1 Å². The van der Waals surface area contributed by atoms with Gasteiger partial charge in [0.1, 0.15) is 5.15 Å². The number of halogens is 1. The van der Waals surface area contributed by atoms with Crippen molar-refractivity contribution >= 4 is 28.8 Å². The van der Waals surface area contributed by atoms with Gasteiger partial charge >= 0.3 is 6.01 Å². The first-order valence-corrected chi connectivity index (χ1v) is 6.45. The zero-order chi connectivity index (χ0) is 13.7. The minimum Gasteiger partial charge on any atom is -0.422 e. The standard InChI is InChI=1S/C13H9ClN4O2/c14-10-2-1-9-12(16-10)17-13(20-9)18-5-7-3-11(19)15-4-8(7)6-18/h1-4H,5-6H2,(H,15,19). The number of oxazole rings is 1. The maximum absolute atomic E-state index is 11.3. The van der Waals surface area contributed by atoms with Gasteiger partial charge in [0.2, 0.25) is 11.2 Å². The molecule has 0 unspecified atom stereocenters. The van der Waals surface area contributed by atoms with E-state index in [-0.39, 0.29) is 5.56 Å². The second kappa shape index (κ2) is 4.08. The van der Waals surface area contributed by atoms with Gasteiger partial charge in [0.15, 0.2) is 5.58 Å². The van der Waals surface area contributed by atoms with Gasteiger partial charge in [-0.1, -0.05) is 11.6 Å². The summed E-state index contributed by atoms with van der Waals surface area (Å²) in [6.07, 6.45) is 1.73. The molecule has 3 aromatic heterocycles. The van der Waals surface area contributed by atoms with Crippen molar-refractivity contribution in [2.24, 2.45) is 0 Å². The van der Waals surface area contributed by atoms with Gasteiger partial charge in [-0.3, -0.25) is 4.79 Å². The molecule has 1 aliphatic heterocycles. The molecule has 1 N–H and O–H groups in total. The van der Waals surface area contributed by atoms with Crippen LogP contribution in [0.4, 0.5) is 6.01 Å². The van der Waals surface area contributed by atoms with Gasteiger partial charge in [-0.2, -0.15) is 4.98 Å². The predicted octanol–water partition coefficient (Wildman–Crippen LogP) is 2.08. The highest BCUT2D eigenvalue weighted by molar-refractivity contribution is 6.29. The van der Waals surface area contributed by atoms with Crippen molar-refractivity contribution in [3.05, 3.63) is 51.0 Å². The van der Waals surface area contributed by atoms with E-state index in [9.17, 15) is 4.79 Å². The summed E-state index contributed by atoms with van der Waals surface area (Å²) >= 11 is 5.83. The van der Waals surface area contributed by atoms with Gasteiger partial charge in [-0.25, -0.2) is 4.98 Å². The SMILES string of the molecule is O=c1cc2c(c[nH]1)CN(c1nc3nc(Cl)ccc3o1)C2. The Morgan fingerprint density at radius 2 is 2.10 bits per heavy atom. The maximum Gasteiger partial charge on any atom is 0.300 e. The number of nitrogens with one attached hydrogen (secondary N) is 1. The van der Waals surface area contributed by atoms with Crippen LogP contribution in [-0.4, -0.2) is 15.0 Å². The molecule has 1 aliphatic rings. The quantitative estimate of drug-likeness (QED) is 0.694. The van der Waals surface area contributed by atoms with E-state index in [1.54, 1.807) is 24.4 Å². The molecule has 4 heterocycles. The van der Waals surface area contributed by atoms with Gasteiger partial charge in [0.05, 0.1) is 0 Å². The fourth-order valence-corrected chi connectivity index (χ4v) is 2.50. The molecule has 0 aliphatic carbocycles. The summed E-state index contributed by atoms with van der Waals surface area (Å²) < 4.78 is 5.67. The third-order valence-corrected chi connectivity index (χ3v) is 3.52. The molecule has 6 nitrogen and oxygen atoms in total. The first-order valence-electron chi connectivity index (χ1n) is 6.07. The Labute approximate surface area is 118 Å². The molecule has 0 fully saturated rings. The molecule has 0 radical (unpaired) electrons. The largest absolute Gasteiger partial charge is 0.422 e. The Kier molecular flexibility index (Phi) is 2.34. The molecule has 100 valence electrons. The first-order chi connectivity index (χ1) is 9.69. The fourth-order valence-electron chi connectivity index (χ4n) is 2.36. The van der Waals surface area contributed by atoms with Crippen LogP contribution in [0.5, 0.6) is 0 Å². The number of hydrogen-bond donors (Lipinski definition) is 1. The summed E-state index contributed by atoms with van der Waals surface area (Å²) in [5.74, 6) is 0. The lowest BCUT2D eigenvalue weighted by Gasteiger charge is -2.10. The van der Waals surface area contributed by atoms with Crippen molar-refractivity contribution in [2.75, 3.05) is 4.90 Å². The Morgan fingerprint density at radius 1 is 1.25 bits per heavy atom. The van der Waals surface area contributed by atoms with Gasteiger partial charge in [-0.15, -0.1) is 0 Å². The predicted molar refractivity (Wildman–Crippen MR) is 73.8 cm³/mol. The van der Waals surface area contributed by atoms with Crippen LogP contribution in [0.25, 0.3) is 11.2 Å². The van der Waals surface area contributed by atoms with Gasteiger partial charge < -0.3 is 14.3 Å². The number of H-pyrrole nitrogens is 1. The normalized spacial score (nSPS) is 13.9. The summed E-state index contributed by atoms with van der Waals surface area (Å²) in [6, 6.07) is 5.50. The Hall–Kier alpha value is -2.34. The maximum atomic E-state index is 11.3. The van der Waals surface area contributed by atoms with E-state index in [2.05, 4.69) is 15.0 Å². The van der Waals surface area contributed by atoms with E-state index in [4.69, 9.17) is 16.0 Å². The Morgan fingerprint density at radius 3 is 3.00 bits per heavy atom. The molecule has 3 aromatic rings. The monoisotopic (exact) mass is 288 g/mol. The first kappa shape index (κ1) is 11.5. The van der Waals surface area contributed by atoms with Crippen molar-refractivity contribution in [2.45, 2.75) is 13.1 Å². The number of anilines is 1. The van der Waals surface area contributed by atoms with Crippen LogP contribution < -0.4 is 10.5 Å². The van der Waals surface area contributed by atoms with Gasteiger partial charge in [-0.05, 0) is 23.3 Å². The number of rotatable bonds is 1. The smallest absolute Gasteiger partial charge is 0.300 e. The van der Waals surface area contributed by atoms with Crippen molar-refractivity contribution in [1.29, 1.82) is 0 Å². The summed E-state index contributed by atoms with van der Waals surface area (Å²) in [6.45, 7) is 1.24. The minimum absolute atomic E-state index is 0.100. The van der Waals surface area contributed by atoms with Crippen molar-refractivity contribution in [1.82, 2.24) is 15.0 Å².